The lowest BCUT2D eigenvalue weighted by Crippen LogP contribution is -2.37. The van der Waals surface area contributed by atoms with Gasteiger partial charge in [-0.05, 0) is 35.4 Å². The molecule has 2 fully saturated rings. The van der Waals surface area contributed by atoms with Crippen LogP contribution in [0.15, 0.2) is 34.6 Å². The lowest BCUT2D eigenvalue weighted by atomic mass is 10.0. The molecule has 2 aliphatic rings. The fraction of sp³-hybridized carbons (Fsp3) is 0.429. The van der Waals surface area contributed by atoms with Crippen molar-refractivity contribution < 1.29 is 14.4 Å². The van der Waals surface area contributed by atoms with Crippen LogP contribution in [-0.4, -0.2) is 61.0 Å². The number of carbonyl (C=O) groups is 3. The smallest absolute Gasteiger partial charge is 0.293 e. The van der Waals surface area contributed by atoms with Crippen LogP contribution in [0.25, 0.3) is 6.08 Å². The van der Waals surface area contributed by atoms with Gasteiger partial charge in [-0.2, -0.15) is 0 Å². The van der Waals surface area contributed by atoms with Gasteiger partial charge >= 0.3 is 0 Å². The zero-order valence-corrected chi connectivity index (χ0v) is 19.1. The minimum Gasteiger partial charge on any atom is -0.354 e. The van der Waals surface area contributed by atoms with E-state index in [0.717, 1.165) is 34.5 Å². The van der Waals surface area contributed by atoms with Gasteiger partial charge < -0.3 is 5.32 Å². The molecule has 0 spiro atoms. The second-order valence-electron chi connectivity index (χ2n) is 7.68. The van der Waals surface area contributed by atoms with E-state index in [-0.39, 0.29) is 35.9 Å². The number of hydrogen-bond acceptors (Lipinski definition) is 8. The quantitative estimate of drug-likeness (QED) is 0.422. The van der Waals surface area contributed by atoms with E-state index in [1.165, 1.54) is 37.4 Å². The number of amides is 3. The van der Waals surface area contributed by atoms with Crippen LogP contribution in [0.1, 0.15) is 37.1 Å². The van der Waals surface area contributed by atoms with E-state index in [2.05, 4.69) is 25.5 Å². The summed E-state index contributed by atoms with van der Waals surface area (Å²) in [5.74, 6) is 1.17. The minimum absolute atomic E-state index is 0.123. The molecule has 2 aromatic rings. The van der Waals surface area contributed by atoms with Gasteiger partial charge in [-0.1, -0.05) is 43.5 Å². The molecule has 2 aromatic heterocycles. The number of nitrogens with zero attached hydrogens (tertiary/aromatic N) is 4. The number of aromatic nitrogens is 4. The highest BCUT2D eigenvalue weighted by atomic mass is 32.2. The summed E-state index contributed by atoms with van der Waals surface area (Å²) >= 11 is 2.15. The first-order valence-corrected chi connectivity index (χ1v) is 12.3. The summed E-state index contributed by atoms with van der Waals surface area (Å²) in [4.78, 5) is 46.7. The second kappa shape index (κ2) is 10.8. The summed E-state index contributed by atoms with van der Waals surface area (Å²) in [6.45, 7) is 0.316. The molecule has 32 heavy (non-hydrogen) atoms. The normalized spacial score (nSPS) is 18.1. The summed E-state index contributed by atoms with van der Waals surface area (Å²) in [6, 6.07) is 3.57. The van der Waals surface area contributed by atoms with Crippen LogP contribution in [0.4, 0.5) is 4.79 Å². The van der Waals surface area contributed by atoms with Crippen molar-refractivity contribution in [2.45, 2.75) is 37.3 Å². The number of rotatable bonds is 9. The van der Waals surface area contributed by atoms with Crippen molar-refractivity contribution in [3.8, 4) is 0 Å². The highest BCUT2D eigenvalue weighted by Crippen LogP contribution is 2.31. The van der Waals surface area contributed by atoms with E-state index in [1.807, 2.05) is 6.07 Å². The zero-order chi connectivity index (χ0) is 22.3. The lowest BCUT2D eigenvalue weighted by Gasteiger charge is -2.12. The van der Waals surface area contributed by atoms with Gasteiger partial charge in [0.1, 0.15) is 5.82 Å². The first-order valence-electron chi connectivity index (χ1n) is 10.5. The number of thioether (sulfide) groups is 2. The first kappa shape index (κ1) is 22.5. The molecule has 9 nitrogen and oxygen atoms in total. The summed E-state index contributed by atoms with van der Waals surface area (Å²) in [5.41, 5.74) is 0.752. The van der Waals surface area contributed by atoms with Crippen LogP contribution in [0.5, 0.6) is 0 Å². The number of imide groups is 1. The SMILES string of the molecule is O=C(CSc1n[nH]c(CC2CCCC2)n1)NCCN1C(=O)S/C(=C\c2cccnc2)C1=O. The molecule has 0 bridgehead atoms. The lowest BCUT2D eigenvalue weighted by molar-refractivity contribution is -0.123. The molecule has 1 aliphatic heterocycles. The van der Waals surface area contributed by atoms with Crippen LogP contribution in [-0.2, 0) is 16.0 Å². The molecular weight excluding hydrogens is 448 g/mol. The first-order chi connectivity index (χ1) is 15.6. The number of hydrogen-bond donors (Lipinski definition) is 2. The molecule has 3 heterocycles. The molecule has 3 amide bonds. The highest BCUT2D eigenvalue weighted by molar-refractivity contribution is 8.18. The molecule has 0 atom stereocenters. The zero-order valence-electron chi connectivity index (χ0n) is 17.5. The average Bonchev–Trinajstić information content (AvgIpc) is 3.52. The fourth-order valence-corrected chi connectivity index (χ4v) is 5.23. The number of carbonyl (C=O) groups excluding carboxylic acids is 3. The maximum atomic E-state index is 12.5. The maximum Gasteiger partial charge on any atom is 0.293 e. The molecule has 4 rings (SSSR count). The molecule has 168 valence electrons. The molecule has 11 heteroatoms. The van der Waals surface area contributed by atoms with Gasteiger partial charge in [0.2, 0.25) is 11.1 Å². The van der Waals surface area contributed by atoms with Crippen LogP contribution >= 0.6 is 23.5 Å². The third-order valence-electron chi connectivity index (χ3n) is 5.31. The fourth-order valence-electron chi connectivity index (χ4n) is 3.72. The molecule has 1 saturated heterocycles. The molecule has 1 aliphatic carbocycles. The summed E-state index contributed by atoms with van der Waals surface area (Å²) in [7, 11) is 0. The number of aromatic amines is 1. The number of H-pyrrole nitrogens is 1. The van der Waals surface area contributed by atoms with Gasteiger partial charge in [-0.3, -0.25) is 29.4 Å². The van der Waals surface area contributed by atoms with E-state index >= 15 is 0 Å². The summed E-state index contributed by atoms with van der Waals surface area (Å²) < 4.78 is 0. The third kappa shape index (κ3) is 5.98. The highest BCUT2D eigenvalue weighted by Gasteiger charge is 2.34. The van der Waals surface area contributed by atoms with E-state index in [0.29, 0.717) is 16.0 Å². The van der Waals surface area contributed by atoms with Crippen molar-refractivity contribution in [2.24, 2.45) is 5.92 Å². The van der Waals surface area contributed by atoms with Crippen LogP contribution < -0.4 is 5.32 Å². The molecule has 0 aromatic carbocycles. The monoisotopic (exact) mass is 472 g/mol. The van der Waals surface area contributed by atoms with Crippen molar-refractivity contribution >= 4 is 46.7 Å². The second-order valence-corrected chi connectivity index (χ2v) is 9.61. The van der Waals surface area contributed by atoms with Gasteiger partial charge in [0.25, 0.3) is 11.1 Å². The average molecular weight is 473 g/mol. The predicted molar refractivity (Wildman–Crippen MR) is 123 cm³/mol. The van der Waals surface area contributed by atoms with Crippen LogP contribution in [0, 0.1) is 5.92 Å². The van der Waals surface area contributed by atoms with Gasteiger partial charge in [-0.25, -0.2) is 4.98 Å². The Bertz CT molecular complexity index is 1000. The Labute approximate surface area is 194 Å². The standard InChI is InChI=1S/C21H24N6O3S2/c28-18(13-31-20-24-17(25-26-20)11-14-4-1-2-5-14)23-8-9-27-19(29)16(32-21(27)30)10-15-6-3-7-22-12-15/h3,6-7,10,12,14H,1-2,4-5,8-9,11,13H2,(H,23,28)(H,24,25,26)/b16-10-. The van der Waals surface area contributed by atoms with E-state index in [9.17, 15) is 14.4 Å². The van der Waals surface area contributed by atoms with Crippen molar-refractivity contribution in [2.75, 3.05) is 18.8 Å². The topological polar surface area (TPSA) is 121 Å². The third-order valence-corrected chi connectivity index (χ3v) is 7.07. The van der Waals surface area contributed by atoms with Gasteiger partial charge in [0, 0.05) is 31.9 Å². The summed E-state index contributed by atoms with van der Waals surface area (Å²) in [5, 5.41) is 10.1. The number of nitrogens with one attached hydrogen (secondary N) is 2. The molecule has 1 saturated carbocycles. The predicted octanol–water partition coefficient (Wildman–Crippen LogP) is 2.88. The molecule has 0 unspecified atom stereocenters. The van der Waals surface area contributed by atoms with Gasteiger partial charge in [-0.15, -0.1) is 5.10 Å². The van der Waals surface area contributed by atoms with Crippen LogP contribution in [0.2, 0.25) is 0 Å². The molecule has 2 N–H and O–H groups in total. The molecule has 0 radical (unpaired) electrons. The minimum atomic E-state index is -0.358. The van der Waals surface area contributed by atoms with E-state index in [1.54, 1.807) is 24.5 Å². The largest absolute Gasteiger partial charge is 0.354 e. The van der Waals surface area contributed by atoms with E-state index < -0.39 is 0 Å². The van der Waals surface area contributed by atoms with Crippen molar-refractivity contribution in [3.05, 3.63) is 40.8 Å². The number of pyridine rings is 1. The Morgan fingerprint density at radius 3 is 2.97 bits per heavy atom. The van der Waals surface area contributed by atoms with Crippen LogP contribution in [0.3, 0.4) is 0 Å². The van der Waals surface area contributed by atoms with E-state index in [4.69, 9.17) is 0 Å². The Morgan fingerprint density at radius 1 is 1.34 bits per heavy atom. The Hall–Kier alpha value is -2.66. The Morgan fingerprint density at radius 2 is 2.19 bits per heavy atom. The van der Waals surface area contributed by atoms with Gasteiger partial charge in [0.05, 0.1) is 10.7 Å². The van der Waals surface area contributed by atoms with Crippen molar-refractivity contribution in [1.82, 2.24) is 30.4 Å². The Kier molecular flexibility index (Phi) is 7.59. The Balaban J connectivity index is 1.19. The molecular formula is C21H24N6O3S2. The van der Waals surface area contributed by atoms with Gasteiger partial charge in [0.15, 0.2) is 0 Å². The maximum absolute atomic E-state index is 12.5. The summed E-state index contributed by atoms with van der Waals surface area (Å²) in [6.07, 6.45) is 10.9. The van der Waals surface area contributed by atoms with Crippen molar-refractivity contribution in [1.29, 1.82) is 0 Å². The van der Waals surface area contributed by atoms with Crippen molar-refractivity contribution in [3.63, 3.8) is 0 Å².